The predicted octanol–water partition coefficient (Wildman–Crippen LogP) is 4.10. The zero-order valence-corrected chi connectivity index (χ0v) is 15.2. The van der Waals surface area contributed by atoms with Gasteiger partial charge in [-0.2, -0.15) is 0 Å². The Morgan fingerprint density at radius 3 is 0.857 bits per heavy atom. The highest BCUT2D eigenvalue weighted by Crippen LogP contribution is 1.69. The zero-order chi connectivity index (χ0) is 11.4. The van der Waals surface area contributed by atoms with E-state index in [2.05, 4.69) is 58.9 Å². The molecule has 0 saturated carbocycles. The van der Waals surface area contributed by atoms with Gasteiger partial charge in [0.05, 0.1) is 0 Å². The van der Waals surface area contributed by atoms with E-state index in [9.17, 15) is 0 Å². The fraction of sp³-hybridized carbons (Fsp3) is 1.00. The summed E-state index contributed by atoms with van der Waals surface area (Å²) in [7, 11) is 1.24. The maximum atomic E-state index is 2.39. The van der Waals surface area contributed by atoms with Gasteiger partial charge in [0.2, 0.25) is 0 Å². The summed E-state index contributed by atoms with van der Waals surface area (Å²) in [4.78, 5) is 0. The largest absolute Gasteiger partial charge is 0.0776 e. The molecule has 0 unspecified atom stereocenters. The van der Waals surface area contributed by atoms with Crippen LogP contribution in [0.1, 0.15) is 7.43 Å². The van der Waals surface area contributed by atoms with E-state index >= 15 is 0 Å². The minimum atomic E-state index is -0.139. The van der Waals surface area contributed by atoms with Gasteiger partial charge in [0.15, 0.2) is 0 Å². The Kier molecular flexibility index (Phi) is 33.6. The normalized spacial score (nSPS) is 7.29. The number of rotatable bonds is 0. The molecule has 14 heavy (non-hydrogen) atoms. The van der Waals surface area contributed by atoms with Crippen molar-refractivity contribution in [3.63, 3.8) is 0 Å². The Morgan fingerprint density at radius 1 is 0.786 bits per heavy atom. The van der Waals surface area contributed by atoms with E-state index < -0.39 is 0 Å². The predicted molar refractivity (Wildman–Crippen MR) is 83.9 cm³/mol. The first-order valence-corrected chi connectivity index (χ1v) is 16.4. The lowest BCUT2D eigenvalue weighted by molar-refractivity contribution is 1.91. The Morgan fingerprint density at radius 2 is 0.857 bits per heavy atom. The highest BCUT2D eigenvalue weighted by Gasteiger charge is 1.78. The molecule has 0 aliphatic rings. The minimum absolute atomic E-state index is 0. The molecule has 2 radical (unpaired) electrons. The van der Waals surface area contributed by atoms with Gasteiger partial charge >= 0.3 is 0 Å². The van der Waals surface area contributed by atoms with Crippen LogP contribution in [-0.2, 0) is 0 Å². The van der Waals surface area contributed by atoms with Gasteiger partial charge in [0.25, 0.3) is 0 Å². The molecule has 0 N–H and O–H groups in total. The topological polar surface area (TPSA) is 0 Å². The quantitative estimate of drug-likeness (QED) is 0.578. The van der Waals surface area contributed by atoms with Crippen molar-refractivity contribution in [2.45, 2.75) is 66.3 Å². The van der Waals surface area contributed by atoms with E-state index in [1.165, 1.54) is 0 Å². The molecule has 0 heterocycles. The average molecular weight is 265 g/mol. The van der Waals surface area contributed by atoms with Crippen LogP contribution in [0.4, 0.5) is 0 Å². The zero-order valence-electron chi connectivity index (χ0n) is 11.1. The third kappa shape index (κ3) is 76.5. The van der Waals surface area contributed by atoms with Crippen LogP contribution in [0.25, 0.3) is 0 Å². The SMILES string of the molecule is C.C[SiH](C)C.C[Si](C)=[Si](C)C.C[Si]C. The molecule has 0 aliphatic carbocycles. The van der Waals surface area contributed by atoms with Gasteiger partial charge < -0.3 is 0 Å². The van der Waals surface area contributed by atoms with Crippen LogP contribution < -0.4 is 0 Å². The van der Waals surface area contributed by atoms with Crippen molar-refractivity contribution in [3.05, 3.63) is 0 Å². The maximum absolute atomic E-state index is 2.39. The summed E-state index contributed by atoms with van der Waals surface area (Å²) in [6.07, 6.45) is 0. The number of hydrogen-bond donors (Lipinski definition) is 0. The van der Waals surface area contributed by atoms with Crippen LogP contribution in [0.15, 0.2) is 0 Å². The Labute approximate surface area is 100 Å². The summed E-state index contributed by atoms with van der Waals surface area (Å²) in [5.74, 6) is 0. The van der Waals surface area contributed by atoms with Crippen molar-refractivity contribution in [2.24, 2.45) is 0 Å². The van der Waals surface area contributed by atoms with Gasteiger partial charge in [-0.25, -0.2) is 0 Å². The molecule has 0 rings (SSSR count). The van der Waals surface area contributed by atoms with Crippen LogP contribution in [-0.4, -0.2) is 34.1 Å². The van der Waals surface area contributed by atoms with E-state index in [0.717, 1.165) is 9.52 Å². The molecule has 0 aliphatic heterocycles. The molecular formula is C10H32Si4. The molecule has 0 bridgehead atoms. The molecule has 0 aromatic carbocycles. The second-order valence-corrected chi connectivity index (χ2v) is 18.7. The van der Waals surface area contributed by atoms with Crippen LogP contribution >= 0.6 is 0 Å². The standard InChI is InChI=1S/C4H12Si2.C3H10Si.C2H6Si.CH4/c1-5(2)6(3)4;1-4(2)3;1-3-2;/h1-4H3;4H,1-3H3;1-2H3;1H4. The number of hydrogen-bond acceptors (Lipinski definition) is 0. The highest BCUT2D eigenvalue weighted by atomic mass is 28.9. The maximum Gasteiger partial charge on any atom is 0.0307 e. The van der Waals surface area contributed by atoms with Crippen molar-refractivity contribution in [1.82, 2.24) is 0 Å². The first-order valence-electron chi connectivity index (χ1n) is 4.98. The summed E-state index contributed by atoms with van der Waals surface area (Å²) in [5.41, 5.74) is 0. The van der Waals surface area contributed by atoms with E-state index in [1.807, 2.05) is 0 Å². The first kappa shape index (κ1) is 24.2. The molecule has 0 nitrogen and oxygen atoms in total. The van der Waals surface area contributed by atoms with Crippen molar-refractivity contribution in [2.75, 3.05) is 0 Å². The minimum Gasteiger partial charge on any atom is -0.0776 e. The van der Waals surface area contributed by atoms with E-state index in [1.54, 1.807) is 0 Å². The average Bonchev–Trinajstić information content (AvgIpc) is 1.87. The van der Waals surface area contributed by atoms with Gasteiger partial charge in [0.1, 0.15) is 0 Å². The third-order valence-electron chi connectivity index (χ3n) is 1.00. The molecule has 0 fully saturated rings. The summed E-state index contributed by atoms with van der Waals surface area (Å²) in [6.45, 7) is 20.8. The smallest absolute Gasteiger partial charge is 0.0307 e. The summed E-state index contributed by atoms with van der Waals surface area (Å²) < 4.78 is 0. The van der Waals surface area contributed by atoms with Crippen molar-refractivity contribution in [1.29, 1.82) is 0 Å². The Balaban J connectivity index is -0.0000000553. The molecule has 0 aromatic heterocycles. The lowest BCUT2D eigenvalue weighted by atomic mass is 11.8. The van der Waals surface area contributed by atoms with Crippen LogP contribution in [0.3, 0.4) is 0 Å². The summed E-state index contributed by atoms with van der Waals surface area (Å²) in [6, 6.07) is 0. The molecule has 4 heteroatoms. The van der Waals surface area contributed by atoms with Gasteiger partial charge in [-0.15, -0.1) is 0 Å². The molecule has 0 saturated heterocycles. The molecule has 0 amide bonds. The lowest BCUT2D eigenvalue weighted by Gasteiger charge is -1.85. The van der Waals surface area contributed by atoms with Crippen LogP contribution in [0.2, 0.25) is 58.9 Å². The fourth-order valence-electron chi connectivity index (χ4n) is 0. The molecule has 88 valence electrons. The van der Waals surface area contributed by atoms with Crippen molar-refractivity contribution < 1.29 is 0 Å². The lowest BCUT2D eigenvalue weighted by Crippen LogP contribution is -1.99. The molecule has 0 aromatic rings. The Bertz CT molecular complexity index is 98.5. The van der Waals surface area contributed by atoms with Crippen LogP contribution in [0, 0.1) is 0 Å². The summed E-state index contributed by atoms with van der Waals surface area (Å²) in [5, 5.41) is 0. The van der Waals surface area contributed by atoms with Gasteiger partial charge in [-0.3, -0.25) is 0 Å². The first-order chi connectivity index (χ1) is 5.79. The third-order valence-corrected chi connectivity index (χ3v) is 9.00. The molecular weight excluding hydrogens is 232 g/mol. The van der Waals surface area contributed by atoms with Gasteiger partial charge in [-0.1, -0.05) is 66.3 Å². The molecule has 0 spiro atoms. The van der Waals surface area contributed by atoms with Crippen molar-refractivity contribution in [3.8, 4) is 0 Å². The van der Waals surface area contributed by atoms with Gasteiger partial charge in [0, 0.05) is 18.3 Å². The fourth-order valence-corrected chi connectivity index (χ4v) is 0. The van der Waals surface area contributed by atoms with E-state index in [4.69, 9.17) is 0 Å². The van der Waals surface area contributed by atoms with E-state index in [0.29, 0.717) is 0 Å². The second-order valence-electron chi connectivity index (χ2n) is 4.23. The molecule has 0 atom stereocenters. The highest BCUT2D eigenvalue weighted by molar-refractivity contribution is 6.93. The second kappa shape index (κ2) is 19.4. The van der Waals surface area contributed by atoms with Crippen LogP contribution in [0.5, 0.6) is 0 Å². The Hall–Kier alpha value is 0.868. The van der Waals surface area contributed by atoms with Crippen molar-refractivity contribution >= 4 is 34.1 Å². The monoisotopic (exact) mass is 264 g/mol. The van der Waals surface area contributed by atoms with E-state index in [-0.39, 0.29) is 32.0 Å². The summed E-state index contributed by atoms with van der Waals surface area (Å²) >= 11 is 0. The van der Waals surface area contributed by atoms with Gasteiger partial charge in [-0.05, 0) is 15.8 Å².